The third-order valence-electron chi connectivity index (χ3n) is 9.84. The third kappa shape index (κ3) is 3.63. The zero-order valence-electron chi connectivity index (χ0n) is 22.3. The molecule has 1 unspecified atom stereocenters. The number of rotatable bonds is 1. The van der Waals surface area contributed by atoms with Gasteiger partial charge in [0.05, 0.1) is 30.8 Å². The largest absolute Gasteiger partial charge is 0.462 e. The van der Waals surface area contributed by atoms with Crippen molar-refractivity contribution in [1.29, 1.82) is 0 Å². The molecule has 6 aliphatic rings. The molecule has 1 N–H and O–H groups in total. The van der Waals surface area contributed by atoms with E-state index in [1.54, 1.807) is 32.1 Å². The van der Waals surface area contributed by atoms with Gasteiger partial charge in [0.15, 0.2) is 0 Å². The zero-order valence-corrected chi connectivity index (χ0v) is 22.3. The quantitative estimate of drug-likeness (QED) is 0.312. The number of esters is 2. The first-order valence-corrected chi connectivity index (χ1v) is 13.4. The molecule has 0 aromatic rings. The van der Waals surface area contributed by atoms with Crippen LogP contribution in [0.4, 0.5) is 0 Å². The van der Waals surface area contributed by atoms with Crippen LogP contribution in [0.1, 0.15) is 47.0 Å². The van der Waals surface area contributed by atoms with Crippen LogP contribution >= 0.6 is 0 Å². The number of fused-ring (bicyclic) bond motifs is 2. The van der Waals surface area contributed by atoms with Gasteiger partial charge in [-0.1, -0.05) is 30.7 Å². The monoisotopic (exact) mass is 528 g/mol. The Balaban J connectivity index is 1.40. The zero-order chi connectivity index (χ0) is 26.9. The minimum absolute atomic E-state index is 0.101. The van der Waals surface area contributed by atoms with Crippen LogP contribution in [0.2, 0.25) is 0 Å². The summed E-state index contributed by atoms with van der Waals surface area (Å²) >= 11 is 0. The van der Waals surface area contributed by atoms with E-state index in [1.165, 1.54) is 17.7 Å². The summed E-state index contributed by atoms with van der Waals surface area (Å²) in [5, 5.41) is 10.4. The minimum Gasteiger partial charge on any atom is -0.462 e. The topological polar surface area (TPSA) is 113 Å². The van der Waals surface area contributed by atoms with E-state index in [4.69, 9.17) is 28.4 Å². The molecule has 206 valence electrons. The molecule has 0 aromatic carbocycles. The molecule has 4 fully saturated rings. The van der Waals surface area contributed by atoms with Gasteiger partial charge in [0.2, 0.25) is 5.79 Å². The van der Waals surface area contributed by atoms with Crippen molar-refractivity contribution < 1.29 is 43.1 Å². The van der Waals surface area contributed by atoms with E-state index in [1.807, 2.05) is 0 Å². The molecule has 9 heteroatoms. The average Bonchev–Trinajstić information content (AvgIpc) is 3.52. The van der Waals surface area contributed by atoms with E-state index in [-0.39, 0.29) is 25.4 Å². The van der Waals surface area contributed by atoms with Gasteiger partial charge in [0.1, 0.15) is 30.5 Å². The van der Waals surface area contributed by atoms with E-state index < -0.39 is 52.5 Å². The number of cyclic esters (lactones) is 1. The van der Waals surface area contributed by atoms with Gasteiger partial charge in [0.25, 0.3) is 0 Å². The van der Waals surface area contributed by atoms with Crippen LogP contribution in [0.3, 0.4) is 0 Å². The third-order valence-corrected chi connectivity index (χ3v) is 9.84. The summed E-state index contributed by atoms with van der Waals surface area (Å²) in [6.07, 6.45) is 9.15. The van der Waals surface area contributed by atoms with Crippen molar-refractivity contribution in [3.05, 3.63) is 47.6 Å². The number of hydrogen-bond donors (Lipinski definition) is 1. The van der Waals surface area contributed by atoms with E-state index in [0.717, 1.165) is 6.42 Å². The molecule has 38 heavy (non-hydrogen) atoms. The van der Waals surface area contributed by atoms with Crippen molar-refractivity contribution in [2.75, 3.05) is 19.8 Å². The van der Waals surface area contributed by atoms with Gasteiger partial charge in [-0.05, 0) is 45.3 Å². The number of carbonyl (C=O) groups excluding carboxylic acids is 2. The molecule has 6 rings (SSSR count). The van der Waals surface area contributed by atoms with Crippen LogP contribution in [0.15, 0.2) is 47.6 Å². The fourth-order valence-corrected chi connectivity index (χ4v) is 7.32. The highest BCUT2D eigenvalue weighted by Gasteiger charge is 2.83. The van der Waals surface area contributed by atoms with E-state index in [2.05, 4.69) is 19.9 Å². The fraction of sp³-hybridized carbons (Fsp3) is 0.655. The van der Waals surface area contributed by atoms with Crippen LogP contribution in [-0.4, -0.2) is 78.8 Å². The first-order chi connectivity index (χ1) is 18.1. The summed E-state index contributed by atoms with van der Waals surface area (Å²) in [7, 11) is 0. The molecule has 2 aliphatic carbocycles. The Kier molecular flexibility index (Phi) is 6.05. The summed E-state index contributed by atoms with van der Waals surface area (Å²) in [6.45, 7) is 8.31. The number of allylic oxidation sites excluding steroid dienone is 3. The maximum Gasteiger partial charge on any atom is 0.331 e. The second kappa shape index (κ2) is 8.86. The summed E-state index contributed by atoms with van der Waals surface area (Å²) in [4.78, 5) is 26.1. The smallest absolute Gasteiger partial charge is 0.331 e. The Bertz CT molecular complexity index is 1150. The first-order valence-electron chi connectivity index (χ1n) is 13.4. The van der Waals surface area contributed by atoms with Crippen LogP contribution in [0, 0.1) is 10.8 Å². The van der Waals surface area contributed by atoms with Crippen molar-refractivity contribution in [2.24, 2.45) is 10.8 Å². The van der Waals surface area contributed by atoms with Crippen molar-refractivity contribution in [3.8, 4) is 0 Å². The van der Waals surface area contributed by atoms with E-state index in [0.29, 0.717) is 25.0 Å². The standard InChI is InChI=1S/C29H36O9/c1-17-8-10-27-15-33-25(32)12-18(2)20-14-34-29(38-20,19(3)30)9-6-5-7-24(31)37-21-13-23(36-22(27)11-17)28(16-35-28)26(21,27)4/h5-7,9,11-12,19-23,30H,8,10,13-16H2,1-4H3/b7-5-,9-6-,18-12-/t19-,20+,21-,22-,23-,26-,27-,28+,29?/m1/s1. The van der Waals surface area contributed by atoms with Gasteiger partial charge >= 0.3 is 11.9 Å². The first kappa shape index (κ1) is 26.0. The van der Waals surface area contributed by atoms with Crippen molar-refractivity contribution >= 4 is 11.9 Å². The summed E-state index contributed by atoms with van der Waals surface area (Å²) in [5.74, 6) is -2.39. The van der Waals surface area contributed by atoms with Gasteiger partial charge in [-0.3, -0.25) is 0 Å². The van der Waals surface area contributed by atoms with Gasteiger partial charge in [-0.2, -0.15) is 0 Å². The molecule has 0 amide bonds. The van der Waals surface area contributed by atoms with Gasteiger partial charge < -0.3 is 33.5 Å². The highest BCUT2D eigenvalue weighted by atomic mass is 16.8. The van der Waals surface area contributed by atoms with Gasteiger partial charge in [-0.25, -0.2) is 9.59 Å². The van der Waals surface area contributed by atoms with Gasteiger partial charge in [-0.15, -0.1) is 0 Å². The van der Waals surface area contributed by atoms with E-state index >= 15 is 0 Å². The van der Waals surface area contributed by atoms with Crippen LogP contribution in [-0.2, 0) is 38.0 Å². The lowest BCUT2D eigenvalue weighted by molar-refractivity contribution is -0.232. The van der Waals surface area contributed by atoms with Crippen molar-refractivity contribution in [3.63, 3.8) is 0 Å². The molecular weight excluding hydrogens is 492 g/mol. The van der Waals surface area contributed by atoms with E-state index in [9.17, 15) is 14.7 Å². The molecule has 9 nitrogen and oxygen atoms in total. The second-order valence-corrected chi connectivity index (χ2v) is 11.8. The predicted octanol–water partition coefficient (Wildman–Crippen LogP) is 2.68. The van der Waals surface area contributed by atoms with Crippen molar-refractivity contribution in [2.45, 2.75) is 88.9 Å². The Hall–Kier alpha value is -2.30. The van der Waals surface area contributed by atoms with Crippen molar-refractivity contribution in [1.82, 2.24) is 0 Å². The number of epoxide rings is 1. The highest BCUT2D eigenvalue weighted by Crippen LogP contribution is 2.72. The Morgan fingerprint density at radius 1 is 1.08 bits per heavy atom. The fourth-order valence-electron chi connectivity index (χ4n) is 7.32. The van der Waals surface area contributed by atoms with Crippen LogP contribution in [0.25, 0.3) is 0 Å². The number of hydrogen-bond acceptors (Lipinski definition) is 9. The molecule has 4 aliphatic heterocycles. The highest BCUT2D eigenvalue weighted by molar-refractivity contribution is 5.83. The number of ether oxygens (including phenoxy) is 6. The predicted molar refractivity (Wildman–Crippen MR) is 134 cm³/mol. The average molecular weight is 529 g/mol. The molecule has 1 saturated carbocycles. The normalized spacial score (nSPS) is 50.0. The number of carbonyl (C=O) groups is 2. The molecule has 3 saturated heterocycles. The maximum absolute atomic E-state index is 13.1. The molecule has 4 bridgehead atoms. The minimum atomic E-state index is -1.40. The Morgan fingerprint density at radius 3 is 2.61 bits per heavy atom. The Morgan fingerprint density at radius 2 is 1.87 bits per heavy atom. The second-order valence-electron chi connectivity index (χ2n) is 11.8. The Labute approximate surface area is 222 Å². The maximum atomic E-state index is 13.1. The molecule has 2 spiro atoms. The molecule has 4 heterocycles. The summed E-state index contributed by atoms with van der Waals surface area (Å²) in [6, 6.07) is 0. The molecule has 0 radical (unpaired) electrons. The van der Waals surface area contributed by atoms with Gasteiger partial charge in [0, 0.05) is 24.0 Å². The summed E-state index contributed by atoms with van der Waals surface area (Å²) < 4.78 is 36.7. The lowest BCUT2D eigenvalue weighted by Crippen LogP contribution is -2.66. The lowest BCUT2D eigenvalue weighted by Gasteiger charge is -2.58. The molecule has 9 atom stereocenters. The van der Waals surface area contributed by atoms with Crippen LogP contribution < -0.4 is 0 Å². The van der Waals surface area contributed by atoms with Crippen LogP contribution in [0.5, 0.6) is 0 Å². The molecule has 0 aromatic heterocycles. The number of aliphatic hydroxyl groups excluding tert-OH is 1. The summed E-state index contributed by atoms with van der Waals surface area (Å²) in [5.41, 5.74) is 0.0229. The SMILES string of the molecule is CC1=C[C@H]2O[C@@H]3C[C@H]4OC(=O)/C=C\C=C/C5([C@@H](C)O)OC[C@H](O5)/C(C)=C\C(=O)OC[C@@]2(CC1)[C@]4(C)[C@]31CO1. The number of aliphatic hydroxyl groups is 1. The lowest BCUT2D eigenvalue weighted by atomic mass is 9.51. The molecular formula is C29H36O9.